The Morgan fingerprint density at radius 1 is 1.32 bits per heavy atom. The van der Waals surface area contributed by atoms with Gasteiger partial charge < -0.3 is 16.0 Å². The molecule has 0 aliphatic carbocycles. The highest BCUT2D eigenvalue weighted by Gasteiger charge is 2.19. The third-order valence-electron chi connectivity index (χ3n) is 3.69. The third-order valence-corrected chi connectivity index (χ3v) is 3.69. The summed E-state index contributed by atoms with van der Waals surface area (Å²) < 4.78 is 0. The topological polar surface area (TPSA) is 70.7 Å². The van der Waals surface area contributed by atoms with Crippen LogP contribution < -0.4 is 11.1 Å². The predicted octanol–water partition coefficient (Wildman–Crippen LogP) is 1.87. The van der Waals surface area contributed by atoms with Crippen molar-refractivity contribution in [2.75, 3.05) is 13.1 Å². The molecule has 5 nitrogen and oxygen atoms in total. The van der Waals surface area contributed by atoms with E-state index in [1.807, 2.05) is 4.90 Å². The summed E-state index contributed by atoms with van der Waals surface area (Å²) in [4.78, 5) is 17.9. The van der Waals surface area contributed by atoms with Gasteiger partial charge in [-0.05, 0) is 23.5 Å². The second-order valence-corrected chi connectivity index (χ2v) is 6.21. The number of hydrogen-bond donors (Lipinski definition) is 2. The normalized spacial score (nSPS) is 15.7. The smallest absolute Gasteiger partial charge is 0.222 e. The van der Waals surface area contributed by atoms with Gasteiger partial charge >= 0.3 is 0 Å². The summed E-state index contributed by atoms with van der Waals surface area (Å²) in [5.41, 5.74) is 8.10. The van der Waals surface area contributed by atoms with Gasteiger partial charge in [0.1, 0.15) is 0 Å². The van der Waals surface area contributed by atoms with Crippen LogP contribution in [-0.4, -0.2) is 29.9 Å². The van der Waals surface area contributed by atoms with Gasteiger partial charge in [-0.15, -0.1) is 0 Å². The average Bonchev–Trinajstić information content (AvgIpc) is 2.89. The molecule has 120 valence electrons. The molecule has 0 bridgehead atoms. The summed E-state index contributed by atoms with van der Waals surface area (Å²) in [7, 11) is 0. The molecule has 1 fully saturated rings. The molecule has 1 aliphatic rings. The SMILES string of the molecule is CC(C)CNC(N)=NCc1ccc(CN2CCCC2=O)cc1. The van der Waals surface area contributed by atoms with Crippen LogP contribution in [0.2, 0.25) is 0 Å². The lowest BCUT2D eigenvalue weighted by Crippen LogP contribution is -2.34. The summed E-state index contributed by atoms with van der Waals surface area (Å²) in [6.45, 7) is 7.25. The lowest BCUT2D eigenvalue weighted by molar-refractivity contribution is -0.128. The van der Waals surface area contributed by atoms with Gasteiger partial charge in [-0.2, -0.15) is 0 Å². The Labute approximate surface area is 132 Å². The van der Waals surface area contributed by atoms with Gasteiger partial charge in [0.05, 0.1) is 6.54 Å². The van der Waals surface area contributed by atoms with Crippen molar-refractivity contribution in [3.05, 3.63) is 35.4 Å². The largest absolute Gasteiger partial charge is 0.370 e. The van der Waals surface area contributed by atoms with E-state index in [4.69, 9.17) is 5.73 Å². The fourth-order valence-electron chi connectivity index (χ4n) is 2.38. The van der Waals surface area contributed by atoms with E-state index in [-0.39, 0.29) is 5.91 Å². The first-order chi connectivity index (χ1) is 10.5. The quantitative estimate of drug-likeness (QED) is 0.622. The van der Waals surface area contributed by atoms with Crippen LogP contribution in [0.15, 0.2) is 29.3 Å². The summed E-state index contributed by atoms with van der Waals surface area (Å²) in [6.07, 6.45) is 1.67. The molecule has 2 rings (SSSR count). The van der Waals surface area contributed by atoms with Gasteiger partial charge in [-0.3, -0.25) is 4.79 Å². The number of rotatable bonds is 6. The maximum Gasteiger partial charge on any atom is 0.222 e. The van der Waals surface area contributed by atoms with Crippen molar-refractivity contribution in [2.24, 2.45) is 16.6 Å². The molecule has 1 aromatic carbocycles. The summed E-state index contributed by atoms with van der Waals surface area (Å²) in [5.74, 6) is 1.29. The molecular formula is C17H26N4O. The molecule has 1 aromatic rings. The Bertz CT molecular complexity index is 522. The Balaban J connectivity index is 1.83. The number of hydrogen-bond acceptors (Lipinski definition) is 2. The van der Waals surface area contributed by atoms with Gasteiger partial charge in [0.15, 0.2) is 5.96 Å². The lowest BCUT2D eigenvalue weighted by Gasteiger charge is -2.15. The van der Waals surface area contributed by atoms with Crippen LogP contribution in [0.3, 0.4) is 0 Å². The first-order valence-electron chi connectivity index (χ1n) is 7.94. The number of nitrogens with two attached hydrogens (primary N) is 1. The van der Waals surface area contributed by atoms with E-state index in [0.717, 1.165) is 30.6 Å². The van der Waals surface area contributed by atoms with E-state index >= 15 is 0 Å². The lowest BCUT2D eigenvalue weighted by atomic mass is 10.1. The highest BCUT2D eigenvalue weighted by atomic mass is 16.2. The molecule has 1 aliphatic heterocycles. The van der Waals surface area contributed by atoms with E-state index in [1.165, 1.54) is 0 Å². The molecule has 5 heteroatoms. The number of nitrogens with one attached hydrogen (secondary N) is 1. The molecule has 1 saturated heterocycles. The van der Waals surface area contributed by atoms with Crippen molar-refractivity contribution in [3.8, 4) is 0 Å². The van der Waals surface area contributed by atoms with Gasteiger partial charge in [-0.1, -0.05) is 38.1 Å². The van der Waals surface area contributed by atoms with Gasteiger partial charge in [0, 0.05) is 26.1 Å². The van der Waals surface area contributed by atoms with Crippen molar-refractivity contribution in [3.63, 3.8) is 0 Å². The average molecular weight is 302 g/mol. The fourth-order valence-corrected chi connectivity index (χ4v) is 2.38. The van der Waals surface area contributed by atoms with Crippen molar-refractivity contribution >= 4 is 11.9 Å². The van der Waals surface area contributed by atoms with Crippen LogP contribution in [0.25, 0.3) is 0 Å². The summed E-state index contributed by atoms with van der Waals surface area (Å²) >= 11 is 0. The third kappa shape index (κ3) is 5.06. The number of nitrogens with zero attached hydrogens (tertiary/aromatic N) is 2. The van der Waals surface area contributed by atoms with Gasteiger partial charge in [0.2, 0.25) is 5.91 Å². The van der Waals surface area contributed by atoms with Crippen LogP contribution in [0.4, 0.5) is 0 Å². The predicted molar refractivity (Wildman–Crippen MR) is 89.3 cm³/mol. The number of benzene rings is 1. The van der Waals surface area contributed by atoms with E-state index in [1.54, 1.807) is 0 Å². The zero-order chi connectivity index (χ0) is 15.9. The fraction of sp³-hybridized carbons (Fsp3) is 0.529. The first kappa shape index (κ1) is 16.3. The minimum atomic E-state index is 0.262. The Morgan fingerprint density at radius 3 is 2.59 bits per heavy atom. The molecule has 1 amide bonds. The molecule has 22 heavy (non-hydrogen) atoms. The molecule has 0 unspecified atom stereocenters. The number of likely N-dealkylation sites (tertiary alicyclic amines) is 1. The molecule has 0 atom stereocenters. The summed E-state index contributed by atoms with van der Waals surface area (Å²) in [5, 5.41) is 3.10. The van der Waals surface area contributed by atoms with E-state index in [0.29, 0.717) is 31.4 Å². The number of amides is 1. The Kier molecular flexibility index (Phi) is 5.81. The Morgan fingerprint density at radius 2 is 2.00 bits per heavy atom. The highest BCUT2D eigenvalue weighted by Crippen LogP contribution is 2.15. The standard InChI is InChI=1S/C17H26N4O/c1-13(2)10-19-17(18)20-11-14-5-7-15(8-6-14)12-21-9-3-4-16(21)22/h5-8,13H,3-4,9-12H2,1-2H3,(H3,18,19,20). The van der Waals surface area contributed by atoms with Crippen molar-refractivity contribution in [1.29, 1.82) is 0 Å². The van der Waals surface area contributed by atoms with Crippen LogP contribution in [0.5, 0.6) is 0 Å². The van der Waals surface area contributed by atoms with Crippen molar-refractivity contribution < 1.29 is 4.79 Å². The zero-order valence-electron chi connectivity index (χ0n) is 13.5. The first-order valence-corrected chi connectivity index (χ1v) is 7.94. The number of carbonyl (C=O) groups excluding carboxylic acids is 1. The van der Waals surface area contributed by atoms with Gasteiger partial charge in [0.25, 0.3) is 0 Å². The van der Waals surface area contributed by atoms with Crippen LogP contribution in [-0.2, 0) is 17.9 Å². The van der Waals surface area contributed by atoms with Crippen LogP contribution in [0, 0.1) is 5.92 Å². The molecule has 0 spiro atoms. The number of carbonyl (C=O) groups is 1. The second kappa shape index (κ2) is 7.82. The maximum atomic E-state index is 11.6. The van der Waals surface area contributed by atoms with E-state index in [9.17, 15) is 4.79 Å². The monoisotopic (exact) mass is 302 g/mol. The minimum absolute atomic E-state index is 0.262. The molecular weight excluding hydrogens is 276 g/mol. The minimum Gasteiger partial charge on any atom is -0.370 e. The maximum absolute atomic E-state index is 11.6. The second-order valence-electron chi connectivity index (χ2n) is 6.21. The van der Waals surface area contributed by atoms with Crippen LogP contribution >= 0.6 is 0 Å². The molecule has 3 N–H and O–H groups in total. The zero-order valence-corrected chi connectivity index (χ0v) is 13.5. The molecule has 0 radical (unpaired) electrons. The van der Waals surface area contributed by atoms with Crippen molar-refractivity contribution in [2.45, 2.75) is 39.8 Å². The number of aliphatic imine (C=N–C) groups is 1. The molecule has 0 saturated carbocycles. The van der Waals surface area contributed by atoms with Crippen molar-refractivity contribution in [1.82, 2.24) is 10.2 Å². The van der Waals surface area contributed by atoms with E-state index in [2.05, 4.69) is 48.4 Å². The highest BCUT2D eigenvalue weighted by molar-refractivity contribution is 5.78. The summed E-state index contributed by atoms with van der Waals surface area (Å²) in [6, 6.07) is 8.23. The molecule has 0 aromatic heterocycles. The number of guanidine groups is 1. The van der Waals surface area contributed by atoms with Crippen LogP contribution in [0.1, 0.15) is 37.8 Å². The van der Waals surface area contributed by atoms with Gasteiger partial charge in [-0.25, -0.2) is 4.99 Å². The van der Waals surface area contributed by atoms with E-state index < -0.39 is 0 Å². The molecule has 1 heterocycles. The Hall–Kier alpha value is -2.04.